The van der Waals surface area contributed by atoms with E-state index in [-0.39, 0.29) is 0 Å². The number of rotatable bonds is 6. The Kier molecular flexibility index (Phi) is 4.54. The minimum Gasteiger partial charge on any atom is -0.384 e. The summed E-state index contributed by atoms with van der Waals surface area (Å²) in [5.74, 6) is 0.846. The Morgan fingerprint density at radius 3 is 2.48 bits per heavy atom. The maximum absolute atomic E-state index is 5.11. The lowest BCUT2D eigenvalue weighted by molar-refractivity contribution is 0.200. The van der Waals surface area contributed by atoms with Crippen LogP contribution in [0.1, 0.15) is 16.4 Å². The third kappa shape index (κ3) is 3.45. The average molecular weight is 350 g/mol. The zero-order valence-electron chi connectivity index (χ0n) is 13.9. The van der Waals surface area contributed by atoms with Gasteiger partial charge in [-0.3, -0.25) is 0 Å². The largest absolute Gasteiger partial charge is 0.384 e. The van der Waals surface area contributed by atoms with E-state index in [9.17, 15) is 0 Å². The van der Waals surface area contributed by atoms with Gasteiger partial charge in [0.2, 0.25) is 4.96 Å². The van der Waals surface area contributed by atoms with E-state index < -0.39 is 0 Å². The summed E-state index contributed by atoms with van der Waals surface area (Å²) in [4.78, 5) is 0.835. The molecule has 0 saturated heterocycles. The number of hydrogen-bond donors (Lipinski definition) is 0. The zero-order valence-corrected chi connectivity index (χ0v) is 14.7. The van der Waals surface area contributed by atoms with Crippen LogP contribution in [0.2, 0.25) is 0 Å². The van der Waals surface area contributed by atoms with E-state index in [2.05, 4.69) is 63.8 Å². The second-order valence-corrected chi connectivity index (χ2v) is 6.83. The Balaban J connectivity index is 1.52. The molecule has 0 saturated carbocycles. The van der Waals surface area contributed by atoms with Crippen molar-refractivity contribution in [3.8, 4) is 11.1 Å². The highest BCUT2D eigenvalue weighted by molar-refractivity contribution is 7.16. The second kappa shape index (κ2) is 7.13. The van der Waals surface area contributed by atoms with Crippen LogP contribution in [0, 0.1) is 0 Å². The number of aromatic nitrogens is 4. The fourth-order valence-corrected chi connectivity index (χ4v) is 3.62. The van der Waals surface area contributed by atoms with Gasteiger partial charge in [-0.2, -0.15) is 9.61 Å². The summed E-state index contributed by atoms with van der Waals surface area (Å²) in [6, 6.07) is 19.1. The molecule has 0 fully saturated rings. The number of fused-ring (bicyclic) bond motifs is 1. The van der Waals surface area contributed by atoms with E-state index in [4.69, 9.17) is 4.74 Å². The van der Waals surface area contributed by atoms with Gasteiger partial charge in [-0.15, -0.1) is 10.2 Å². The van der Waals surface area contributed by atoms with E-state index in [1.807, 2.05) is 10.6 Å². The van der Waals surface area contributed by atoms with Crippen molar-refractivity contribution in [3.05, 3.63) is 71.0 Å². The molecule has 6 heteroatoms. The minimum atomic E-state index is 0.620. The van der Waals surface area contributed by atoms with Gasteiger partial charge in [0.25, 0.3) is 0 Å². The van der Waals surface area contributed by atoms with Crippen molar-refractivity contribution in [2.75, 3.05) is 13.7 Å². The predicted octanol–water partition coefficient (Wildman–Crippen LogP) is 3.63. The zero-order chi connectivity index (χ0) is 17.1. The van der Waals surface area contributed by atoms with Gasteiger partial charge in [-0.05, 0) is 16.7 Å². The number of benzene rings is 2. The molecule has 5 nitrogen and oxygen atoms in total. The van der Waals surface area contributed by atoms with Gasteiger partial charge in [0.05, 0.1) is 6.61 Å². The van der Waals surface area contributed by atoms with Crippen molar-refractivity contribution >= 4 is 16.3 Å². The molecule has 4 rings (SSSR count). The molecule has 0 spiro atoms. The molecule has 0 N–H and O–H groups in total. The monoisotopic (exact) mass is 350 g/mol. The van der Waals surface area contributed by atoms with Crippen molar-refractivity contribution in [2.24, 2.45) is 0 Å². The molecule has 2 aromatic heterocycles. The van der Waals surface area contributed by atoms with E-state index in [0.29, 0.717) is 13.0 Å². The summed E-state index contributed by atoms with van der Waals surface area (Å²) >= 11 is 1.58. The first-order valence-corrected chi connectivity index (χ1v) is 8.98. The molecule has 0 amide bonds. The smallest absolute Gasteiger partial charge is 0.234 e. The first kappa shape index (κ1) is 15.9. The lowest BCUT2D eigenvalue weighted by Crippen LogP contribution is -2.01. The SMILES string of the molecule is COCCc1nnc2sc(Cc3ccc(-c4ccccc4)cc3)nn12. The molecule has 0 aliphatic carbocycles. The fraction of sp³-hybridized carbons (Fsp3) is 0.211. The van der Waals surface area contributed by atoms with Gasteiger partial charge in [-0.25, -0.2) is 0 Å². The van der Waals surface area contributed by atoms with Crippen LogP contribution in [0.4, 0.5) is 0 Å². The van der Waals surface area contributed by atoms with E-state index in [1.165, 1.54) is 16.7 Å². The van der Waals surface area contributed by atoms with Gasteiger partial charge in [-0.1, -0.05) is 65.9 Å². The van der Waals surface area contributed by atoms with Gasteiger partial charge >= 0.3 is 0 Å². The highest BCUT2D eigenvalue weighted by Crippen LogP contribution is 2.22. The number of hydrogen-bond acceptors (Lipinski definition) is 5. The Labute approximate surface area is 149 Å². The third-order valence-corrected chi connectivity index (χ3v) is 4.94. The van der Waals surface area contributed by atoms with Crippen LogP contribution in [0.5, 0.6) is 0 Å². The molecule has 0 aliphatic heterocycles. The normalized spacial score (nSPS) is 11.2. The van der Waals surface area contributed by atoms with E-state index in [1.54, 1.807) is 18.4 Å². The van der Waals surface area contributed by atoms with Crippen LogP contribution in [0.25, 0.3) is 16.1 Å². The van der Waals surface area contributed by atoms with Gasteiger partial charge in [0.1, 0.15) is 5.01 Å². The summed E-state index contributed by atoms with van der Waals surface area (Å²) in [7, 11) is 1.68. The van der Waals surface area contributed by atoms with Crippen molar-refractivity contribution in [3.63, 3.8) is 0 Å². The Bertz CT molecular complexity index is 960. The van der Waals surface area contributed by atoms with Crippen LogP contribution in [-0.4, -0.2) is 33.5 Å². The molecule has 126 valence electrons. The summed E-state index contributed by atoms with van der Waals surface area (Å²) in [6.45, 7) is 0.620. The Hall–Kier alpha value is -2.57. The molecule has 4 aromatic rings. The topological polar surface area (TPSA) is 52.3 Å². The third-order valence-electron chi connectivity index (χ3n) is 4.04. The summed E-state index contributed by atoms with van der Waals surface area (Å²) in [5.41, 5.74) is 3.70. The highest BCUT2D eigenvalue weighted by Gasteiger charge is 2.12. The van der Waals surface area contributed by atoms with Gasteiger partial charge in [0, 0.05) is 20.0 Å². The standard InChI is InChI=1S/C19H18N4OS/c1-24-12-11-17-20-21-19-23(17)22-18(25-19)13-14-7-9-16(10-8-14)15-5-3-2-4-6-15/h2-10H,11-13H2,1H3. The Morgan fingerprint density at radius 2 is 1.72 bits per heavy atom. The van der Waals surface area contributed by atoms with Crippen molar-refractivity contribution in [2.45, 2.75) is 12.8 Å². The lowest BCUT2D eigenvalue weighted by atomic mass is 10.0. The quantitative estimate of drug-likeness (QED) is 0.533. The summed E-state index contributed by atoms with van der Waals surface area (Å²) < 4.78 is 6.94. The first-order chi connectivity index (χ1) is 12.3. The number of nitrogens with zero attached hydrogens (tertiary/aromatic N) is 4. The van der Waals surface area contributed by atoms with Crippen LogP contribution in [-0.2, 0) is 17.6 Å². The molecule has 2 aromatic carbocycles. The molecule has 0 aliphatic rings. The predicted molar refractivity (Wildman–Crippen MR) is 98.9 cm³/mol. The fourth-order valence-electron chi connectivity index (χ4n) is 2.74. The second-order valence-electron chi connectivity index (χ2n) is 5.79. The molecule has 25 heavy (non-hydrogen) atoms. The van der Waals surface area contributed by atoms with Crippen molar-refractivity contribution in [1.29, 1.82) is 0 Å². The van der Waals surface area contributed by atoms with Crippen LogP contribution >= 0.6 is 11.3 Å². The lowest BCUT2D eigenvalue weighted by Gasteiger charge is -2.03. The van der Waals surface area contributed by atoms with E-state index in [0.717, 1.165) is 22.2 Å². The molecule has 0 radical (unpaired) electrons. The summed E-state index contributed by atoms with van der Waals surface area (Å²) in [5, 5.41) is 14.1. The summed E-state index contributed by atoms with van der Waals surface area (Å²) in [6.07, 6.45) is 1.51. The van der Waals surface area contributed by atoms with Crippen LogP contribution in [0.3, 0.4) is 0 Å². The average Bonchev–Trinajstić information content (AvgIpc) is 3.22. The highest BCUT2D eigenvalue weighted by atomic mass is 32.1. The maximum atomic E-state index is 5.11. The molecule has 2 heterocycles. The minimum absolute atomic E-state index is 0.620. The van der Waals surface area contributed by atoms with E-state index >= 15 is 0 Å². The maximum Gasteiger partial charge on any atom is 0.234 e. The molecule has 0 unspecified atom stereocenters. The van der Waals surface area contributed by atoms with Crippen LogP contribution < -0.4 is 0 Å². The molecule has 0 bridgehead atoms. The molecular weight excluding hydrogens is 332 g/mol. The van der Waals surface area contributed by atoms with Crippen molar-refractivity contribution in [1.82, 2.24) is 19.8 Å². The molecular formula is C19H18N4OS. The first-order valence-electron chi connectivity index (χ1n) is 8.17. The number of ether oxygens (including phenoxy) is 1. The van der Waals surface area contributed by atoms with Crippen molar-refractivity contribution < 1.29 is 4.74 Å². The molecule has 0 atom stereocenters. The number of methoxy groups -OCH3 is 1. The van der Waals surface area contributed by atoms with Gasteiger partial charge < -0.3 is 4.74 Å². The van der Waals surface area contributed by atoms with Crippen LogP contribution in [0.15, 0.2) is 54.6 Å². The Morgan fingerprint density at radius 1 is 0.960 bits per heavy atom. The van der Waals surface area contributed by atoms with Gasteiger partial charge in [0.15, 0.2) is 5.82 Å².